The van der Waals surface area contributed by atoms with Crippen LogP contribution in [0.1, 0.15) is 40.5 Å². The van der Waals surface area contributed by atoms with Crippen LogP contribution in [0.4, 0.5) is 0 Å². The molecule has 1 fully saturated rings. The standard InChI is InChI=1S/C14H28N2O2/c1-11(13(2,3)4)16-12(17)14(10-18-5)6-8-15-9-7-14/h11,15H,6-10H2,1-5H3,(H,16,17). The van der Waals surface area contributed by atoms with Crippen molar-refractivity contribution in [3.8, 4) is 0 Å². The molecule has 2 N–H and O–H groups in total. The highest BCUT2D eigenvalue weighted by atomic mass is 16.5. The SMILES string of the molecule is COCC1(C(=O)NC(C)C(C)(C)C)CCNCC1. The zero-order chi connectivity index (χ0) is 13.8. The second kappa shape index (κ2) is 6.02. The van der Waals surface area contributed by atoms with E-state index in [-0.39, 0.29) is 22.8 Å². The molecular formula is C14H28N2O2. The van der Waals surface area contributed by atoms with Gasteiger partial charge in [0.15, 0.2) is 0 Å². The van der Waals surface area contributed by atoms with Crippen molar-refractivity contribution in [2.45, 2.75) is 46.6 Å². The van der Waals surface area contributed by atoms with E-state index in [1.807, 2.05) is 0 Å². The molecule has 1 atom stereocenters. The first-order valence-electron chi connectivity index (χ1n) is 6.82. The average Bonchev–Trinajstić information content (AvgIpc) is 2.29. The molecule has 1 rings (SSSR count). The van der Waals surface area contributed by atoms with E-state index in [1.165, 1.54) is 0 Å². The van der Waals surface area contributed by atoms with Crippen LogP contribution in [0.15, 0.2) is 0 Å². The zero-order valence-corrected chi connectivity index (χ0v) is 12.4. The summed E-state index contributed by atoms with van der Waals surface area (Å²) in [6.07, 6.45) is 1.70. The van der Waals surface area contributed by atoms with Crippen molar-refractivity contribution in [3.05, 3.63) is 0 Å². The van der Waals surface area contributed by atoms with Gasteiger partial charge in [-0.3, -0.25) is 4.79 Å². The number of methoxy groups -OCH3 is 1. The van der Waals surface area contributed by atoms with Crippen LogP contribution in [0.2, 0.25) is 0 Å². The maximum atomic E-state index is 12.5. The molecule has 1 saturated heterocycles. The molecule has 0 aromatic heterocycles. The fourth-order valence-electron chi connectivity index (χ4n) is 2.18. The molecule has 0 bridgehead atoms. The Morgan fingerprint density at radius 2 is 1.94 bits per heavy atom. The Bertz CT molecular complexity index is 272. The summed E-state index contributed by atoms with van der Waals surface area (Å²) in [7, 11) is 1.67. The van der Waals surface area contributed by atoms with Gasteiger partial charge >= 0.3 is 0 Å². The Kier molecular flexibility index (Phi) is 5.17. The Hall–Kier alpha value is -0.610. The average molecular weight is 256 g/mol. The Balaban J connectivity index is 2.71. The molecule has 0 spiro atoms. The van der Waals surface area contributed by atoms with Gasteiger partial charge in [-0.1, -0.05) is 20.8 Å². The van der Waals surface area contributed by atoms with E-state index in [0.717, 1.165) is 25.9 Å². The maximum absolute atomic E-state index is 12.5. The van der Waals surface area contributed by atoms with Crippen LogP contribution < -0.4 is 10.6 Å². The molecule has 1 heterocycles. The van der Waals surface area contributed by atoms with Gasteiger partial charge < -0.3 is 15.4 Å². The first-order valence-corrected chi connectivity index (χ1v) is 6.82. The third-order valence-electron chi connectivity index (χ3n) is 4.11. The van der Waals surface area contributed by atoms with Gasteiger partial charge in [0.2, 0.25) is 5.91 Å². The predicted molar refractivity (Wildman–Crippen MR) is 73.5 cm³/mol. The number of carbonyl (C=O) groups is 1. The van der Waals surface area contributed by atoms with Crippen molar-refractivity contribution in [2.75, 3.05) is 26.8 Å². The number of rotatable bonds is 4. The predicted octanol–water partition coefficient (Wildman–Crippen LogP) is 1.55. The van der Waals surface area contributed by atoms with Crippen molar-refractivity contribution >= 4 is 5.91 Å². The normalized spacial score (nSPS) is 21.4. The van der Waals surface area contributed by atoms with E-state index in [0.29, 0.717) is 6.61 Å². The van der Waals surface area contributed by atoms with Crippen LogP contribution in [0.5, 0.6) is 0 Å². The van der Waals surface area contributed by atoms with E-state index >= 15 is 0 Å². The molecule has 1 unspecified atom stereocenters. The molecule has 4 nitrogen and oxygen atoms in total. The van der Waals surface area contributed by atoms with Crippen LogP contribution in [0.3, 0.4) is 0 Å². The smallest absolute Gasteiger partial charge is 0.228 e. The summed E-state index contributed by atoms with van der Waals surface area (Å²) in [5.74, 6) is 0.147. The van der Waals surface area contributed by atoms with Gasteiger partial charge in [-0.25, -0.2) is 0 Å². The van der Waals surface area contributed by atoms with E-state index in [2.05, 4.69) is 38.3 Å². The summed E-state index contributed by atoms with van der Waals surface area (Å²) in [4.78, 5) is 12.5. The summed E-state index contributed by atoms with van der Waals surface area (Å²) >= 11 is 0. The topological polar surface area (TPSA) is 50.4 Å². The van der Waals surface area contributed by atoms with Crippen LogP contribution in [-0.2, 0) is 9.53 Å². The lowest BCUT2D eigenvalue weighted by Crippen LogP contribution is -2.54. The molecule has 0 radical (unpaired) electrons. The highest BCUT2D eigenvalue weighted by molar-refractivity contribution is 5.83. The second-order valence-electron chi connectivity index (χ2n) is 6.52. The van der Waals surface area contributed by atoms with Crippen molar-refractivity contribution in [1.29, 1.82) is 0 Å². The number of carbonyl (C=O) groups excluding carboxylic acids is 1. The van der Waals surface area contributed by atoms with Crippen LogP contribution in [0, 0.1) is 10.8 Å². The lowest BCUT2D eigenvalue weighted by atomic mass is 9.77. The maximum Gasteiger partial charge on any atom is 0.228 e. The minimum absolute atomic E-state index is 0.0802. The lowest BCUT2D eigenvalue weighted by molar-refractivity contribution is -0.137. The number of hydrogen-bond donors (Lipinski definition) is 2. The lowest BCUT2D eigenvalue weighted by Gasteiger charge is -2.38. The summed E-state index contributed by atoms with van der Waals surface area (Å²) < 4.78 is 5.28. The molecule has 0 saturated carbocycles. The number of ether oxygens (including phenoxy) is 1. The van der Waals surface area contributed by atoms with E-state index in [1.54, 1.807) is 7.11 Å². The highest BCUT2D eigenvalue weighted by Gasteiger charge is 2.40. The molecule has 0 aromatic carbocycles. The van der Waals surface area contributed by atoms with E-state index in [4.69, 9.17) is 4.74 Å². The summed E-state index contributed by atoms with van der Waals surface area (Å²) in [6.45, 7) is 10.8. The Labute approximate surface area is 111 Å². The first-order chi connectivity index (χ1) is 8.32. The highest BCUT2D eigenvalue weighted by Crippen LogP contribution is 2.30. The van der Waals surface area contributed by atoms with Crippen molar-refractivity contribution in [2.24, 2.45) is 10.8 Å². The number of amides is 1. The van der Waals surface area contributed by atoms with Gasteiger partial charge in [0, 0.05) is 13.2 Å². The monoisotopic (exact) mass is 256 g/mol. The Morgan fingerprint density at radius 3 is 2.39 bits per heavy atom. The number of hydrogen-bond acceptors (Lipinski definition) is 3. The van der Waals surface area contributed by atoms with Gasteiger partial charge in [0.05, 0.1) is 12.0 Å². The van der Waals surface area contributed by atoms with E-state index < -0.39 is 0 Å². The third-order valence-corrected chi connectivity index (χ3v) is 4.11. The fraction of sp³-hybridized carbons (Fsp3) is 0.929. The van der Waals surface area contributed by atoms with Crippen LogP contribution >= 0.6 is 0 Å². The van der Waals surface area contributed by atoms with Gasteiger partial charge in [0.1, 0.15) is 0 Å². The summed E-state index contributed by atoms with van der Waals surface area (Å²) in [6, 6.07) is 0.161. The molecule has 1 aliphatic rings. The van der Waals surface area contributed by atoms with Crippen molar-refractivity contribution in [3.63, 3.8) is 0 Å². The third kappa shape index (κ3) is 3.69. The first kappa shape index (κ1) is 15.4. The molecular weight excluding hydrogens is 228 g/mol. The number of piperidine rings is 1. The van der Waals surface area contributed by atoms with Crippen LogP contribution in [-0.4, -0.2) is 38.8 Å². The molecule has 1 amide bonds. The molecule has 18 heavy (non-hydrogen) atoms. The summed E-state index contributed by atoms with van der Waals surface area (Å²) in [5, 5.41) is 6.47. The molecule has 4 heteroatoms. The second-order valence-corrected chi connectivity index (χ2v) is 6.52. The quantitative estimate of drug-likeness (QED) is 0.802. The number of nitrogens with one attached hydrogen (secondary N) is 2. The van der Waals surface area contributed by atoms with Gasteiger partial charge in [-0.15, -0.1) is 0 Å². The van der Waals surface area contributed by atoms with Gasteiger partial charge in [-0.05, 0) is 38.3 Å². The molecule has 0 aliphatic carbocycles. The van der Waals surface area contributed by atoms with Gasteiger partial charge in [0.25, 0.3) is 0 Å². The minimum atomic E-state index is -0.348. The van der Waals surface area contributed by atoms with Crippen molar-refractivity contribution < 1.29 is 9.53 Å². The van der Waals surface area contributed by atoms with Gasteiger partial charge in [-0.2, -0.15) is 0 Å². The minimum Gasteiger partial charge on any atom is -0.384 e. The summed E-state index contributed by atoms with van der Waals surface area (Å²) in [5.41, 5.74) is -0.268. The van der Waals surface area contributed by atoms with Crippen LogP contribution in [0.25, 0.3) is 0 Å². The molecule has 1 aliphatic heterocycles. The van der Waals surface area contributed by atoms with Crippen molar-refractivity contribution in [1.82, 2.24) is 10.6 Å². The largest absolute Gasteiger partial charge is 0.384 e. The Morgan fingerprint density at radius 1 is 1.39 bits per heavy atom. The fourth-order valence-corrected chi connectivity index (χ4v) is 2.18. The van der Waals surface area contributed by atoms with E-state index in [9.17, 15) is 4.79 Å². The molecule has 106 valence electrons. The molecule has 0 aromatic rings. The zero-order valence-electron chi connectivity index (χ0n) is 12.4.